The van der Waals surface area contributed by atoms with Crippen molar-refractivity contribution in [3.8, 4) is 21.9 Å². The lowest BCUT2D eigenvalue weighted by molar-refractivity contribution is 0.0728. The number of benzene rings is 2. The fourth-order valence-electron chi connectivity index (χ4n) is 4.08. The smallest absolute Gasteiger partial charge is 0.274 e. The first-order valence-corrected chi connectivity index (χ1v) is 11.3. The van der Waals surface area contributed by atoms with Crippen molar-refractivity contribution in [1.29, 1.82) is 0 Å². The second kappa shape index (κ2) is 8.63. The van der Waals surface area contributed by atoms with E-state index < -0.39 is 0 Å². The number of aryl methyl sites for hydroxylation is 1. The lowest BCUT2D eigenvalue weighted by Gasteiger charge is -2.23. The zero-order chi connectivity index (χ0) is 22.1. The minimum atomic E-state index is -0.336. The van der Waals surface area contributed by atoms with Crippen molar-refractivity contribution in [2.24, 2.45) is 0 Å². The van der Waals surface area contributed by atoms with Crippen LogP contribution in [0.4, 0.5) is 4.39 Å². The Hall–Kier alpha value is -3.39. The second-order valence-electron chi connectivity index (χ2n) is 7.79. The maximum Gasteiger partial charge on any atom is 0.274 e. The standard InChI is InChI=1S/C24H21FN4O2S/c1-15-26-21(22(32-15)17-9-5-10-18(25)13-17)24(30)29-12-6-11-19(29)14-20-27-28-23(31-20)16-7-3-2-4-8-16/h2-5,7-10,13,19H,6,11-12,14H2,1H3/t19-/m0/s1. The molecule has 1 saturated heterocycles. The minimum absolute atomic E-state index is 0.0473. The highest BCUT2D eigenvalue weighted by Gasteiger charge is 2.33. The number of likely N-dealkylation sites (tertiary alicyclic amines) is 1. The van der Waals surface area contributed by atoms with Crippen molar-refractivity contribution in [3.05, 3.63) is 77.0 Å². The van der Waals surface area contributed by atoms with Crippen LogP contribution in [0.25, 0.3) is 21.9 Å². The zero-order valence-electron chi connectivity index (χ0n) is 17.5. The lowest BCUT2D eigenvalue weighted by atomic mass is 10.1. The van der Waals surface area contributed by atoms with Gasteiger partial charge in [-0.3, -0.25) is 4.79 Å². The van der Waals surface area contributed by atoms with E-state index in [-0.39, 0.29) is 17.8 Å². The van der Waals surface area contributed by atoms with Gasteiger partial charge >= 0.3 is 0 Å². The van der Waals surface area contributed by atoms with E-state index in [4.69, 9.17) is 4.42 Å². The Morgan fingerprint density at radius 2 is 1.97 bits per heavy atom. The number of aromatic nitrogens is 3. The van der Waals surface area contributed by atoms with Crippen LogP contribution in [0.2, 0.25) is 0 Å². The molecule has 0 radical (unpaired) electrons. The molecule has 1 amide bonds. The molecule has 1 fully saturated rings. The van der Waals surface area contributed by atoms with Gasteiger partial charge in [0.2, 0.25) is 11.8 Å². The predicted molar refractivity (Wildman–Crippen MR) is 120 cm³/mol. The van der Waals surface area contributed by atoms with E-state index in [1.54, 1.807) is 12.1 Å². The fourth-order valence-corrected chi connectivity index (χ4v) is 4.99. The summed E-state index contributed by atoms with van der Waals surface area (Å²) in [5.41, 5.74) is 1.91. The van der Waals surface area contributed by atoms with E-state index in [1.807, 2.05) is 42.2 Å². The summed E-state index contributed by atoms with van der Waals surface area (Å²) in [6.07, 6.45) is 2.24. The molecule has 2 aromatic carbocycles. The van der Waals surface area contributed by atoms with Crippen molar-refractivity contribution in [3.63, 3.8) is 0 Å². The third-order valence-corrected chi connectivity index (χ3v) is 6.58. The lowest BCUT2D eigenvalue weighted by Crippen LogP contribution is -2.37. The molecule has 0 spiro atoms. The summed E-state index contributed by atoms with van der Waals surface area (Å²) in [7, 11) is 0. The van der Waals surface area contributed by atoms with Gasteiger partial charge in [-0.15, -0.1) is 21.5 Å². The molecule has 2 aromatic heterocycles. The molecule has 1 atom stereocenters. The predicted octanol–water partition coefficient (Wildman–Crippen LogP) is 5.15. The fraction of sp³-hybridized carbons (Fsp3) is 0.250. The summed E-state index contributed by atoms with van der Waals surface area (Å²) in [6.45, 7) is 2.50. The zero-order valence-corrected chi connectivity index (χ0v) is 18.3. The second-order valence-corrected chi connectivity index (χ2v) is 8.99. The van der Waals surface area contributed by atoms with Crippen LogP contribution in [-0.2, 0) is 6.42 Å². The first-order chi connectivity index (χ1) is 15.6. The Balaban J connectivity index is 1.38. The molecule has 0 unspecified atom stereocenters. The number of rotatable bonds is 5. The number of halogens is 1. The van der Waals surface area contributed by atoms with E-state index in [0.29, 0.717) is 40.9 Å². The number of carbonyl (C=O) groups is 1. The molecule has 0 bridgehead atoms. The van der Waals surface area contributed by atoms with Gasteiger partial charge in [-0.05, 0) is 49.6 Å². The molecule has 0 saturated carbocycles. The van der Waals surface area contributed by atoms with Crippen molar-refractivity contribution in [1.82, 2.24) is 20.1 Å². The van der Waals surface area contributed by atoms with Crippen LogP contribution in [0.1, 0.15) is 34.2 Å². The van der Waals surface area contributed by atoms with Crippen molar-refractivity contribution in [2.45, 2.75) is 32.2 Å². The van der Waals surface area contributed by atoms with Crippen molar-refractivity contribution in [2.75, 3.05) is 6.54 Å². The highest BCUT2D eigenvalue weighted by atomic mass is 32.1. The topological polar surface area (TPSA) is 72.1 Å². The van der Waals surface area contributed by atoms with Crippen LogP contribution < -0.4 is 0 Å². The molecular weight excluding hydrogens is 427 g/mol. The Labute approximate surface area is 188 Å². The van der Waals surface area contributed by atoms with Gasteiger partial charge in [0.1, 0.15) is 11.5 Å². The van der Waals surface area contributed by atoms with E-state index in [1.165, 1.54) is 23.5 Å². The van der Waals surface area contributed by atoms with Gasteiger partial charge in [0, 0.05) is 24.6 Å². The average Bonchev–Trinajstić information content (AvgIpc) is 3.54. The van der Waals surface area contributed by atoms with Crippen LogP contribution in [0.3, 0.4) is 0 Å². The summed E-state index contributed by atoms with van der Waals surface area (Å²) < 4.78 is 19.6. The summed E-state index contributed by atoms with van der Waals surface area (Å²) in [5, 5.41) is 9.12. The Morgan fingerprint density at radius 3 is 2.78 bits per heavy atom. The maximum absolute atomic E-state index is 13.8. The molecule has 0 N–H and O–H groups in total. The molecule has 32 heavy (non-hydrogen) atoms. The van der Waals surface area contributed by atoms with Crippen LogP contribution in [0.15, 0.2) is 59.0 Å². The molecule has 1 aliphatic rings. The van der Waals surface area contributed by atoms with Gasteiger partial charge in [0.25, 0.3) is 5.91 Å². The Kier molecular flexibility index (Phi) is 5.53. The third kappa shape index (κ3) is 4.05. The molecular formula is C24H21FN4O2S. The molecule has 5 rings (SSSR count). The summed E-state index contributed by atoms with van der Waals surface area (Å²) in [5.74, 6) is 0.504. The number of carbonyl (C=O) groups excluding carboxylic acids is 1. The monoisotopic (exact) mass is 448 g/mol. The summed E-state index contributed by atoms with van der Waals surface area (Å²) >= 11 is 1.40. The minimum Gasteiger partial charge on any atom is -0.421 e. The van der Waals surface area contributed by atoms with Gasteiger partial charge in [-0.1, -0.05) is 30.3 Å². The highest BCUT2D eigenvalue weighted by Crippen LogP contribution is 2.33. The first kappa shape index (κ1) is 20.5. The van der Waals surface area contributed by atoms with Crippen LogP contribution >= 0.6 is 11.3 Å². The van der Waals surface area contributed by atoms with Crippen molar-refractivity contribution < 1.29 is 13.6 Å². The number of thiazole rings is 1. The van der Waals surface area contributed by atoms with E-state index >= 15 is 0 Å². The molecule has 4 aromatic rings. The van der Waals surface area contributed by atoms with Gasteiger partial charge in [0.05, 0.1) is 9.88 Å². The van der Waals surface area contributed by atoms with Gasteiger partial charge in [-0.25, -0.2) is 9.37 Å². The average molecular weight is 449 g/mol. The summed E-state index contributed by atoms with van der Waals surface area (Å²) in [6, 6.07) is 15.8. The highest BCUT2D eigenvalue weighted by molar-refractivity contribution is 7.15. The van der Waals surface area contributed by atoms with Gasteiger partial charge in [0.15, 0.2) is 0 Å². The molecule has 8 heteroatoms. The maximum atomic E-state index is 13.8. The number of hydrogen-bond acceptors (Lipinski definition) is 6. The van der Waals surface area contributed by atoms with E-state index in [0.717, 1.165) is 23.4 Å². The number of nitrogens with zero attached hydrogens (tertiary/aromatic N) is 4. The van der Waals surface area contributed by atoms with Crippen LogP contribution in [0.5, 0.6) is 0 Å². The SMILES string of the molecule is Cc1nc(C(=O)N2CCC[C@H]2Cc2nnc(-c3ccccc3)o2)c(-c2cccc(F)c2)s1. The van der Waals surface area contributed by atoms with E-state index in [2.05, 4.69) is 15.2 Å². The quantitative estimate of drug-likeness (QED) is 0.422. The van der Waals surface area contributed by atoms with Crippen molar-refractivity contribution >= 4 is 17.2 Å². The number of amides is 1. The molecule has 1 aliphatic heterocycles. The number of hydrogen-bond donors (Lipinski definition) is 0. The Bertz CT molecular complexity index is 1250. The van der Waals surface area contributed by atoms with Gasteiger partial charge < -0.3 is 9.32 Å². The van der Waals surface area contributed by atoms with E-state index in [9.17, 15) is 9.18 Å². The normalized spacial score (nSPS) is 15.9. The molecule has 162 valence electrons. The van der Waals surface area contributed by atoms with Gasteiger partial charge in [-0.2, -0.15) is 0 Å². The molecule has 6 nitrogen and oxygen atoms in total. The van der Waals surface area contributed by atoms with Crippen LogP contribution in [-0.4, -0.2) is 38.6 Å². The largest absolute Gasteiger partial charge is 0.421 e. The Morgan fingerprint density at radius 1 is 1.16 bits per heavy atom. The van der Waals surface area contributed by atoms with Crippen LogP contribution in [0, 0.1) is 12.7 Å². The first-order valence-electron chi connectivity index (χ1n) is 10.5. The summed E-state index contributed by atoms with van der Waals surface area (Å²) in [4.78, 5) is 20.5. The molecule has 0 aliphatic carbocycles. The molecule has 3 heterocycles. The third-order valence-electron chi connectivity index (χ3n) is 5.56.